The Hall–Kier alpha value is -0.603. The van der Waals surface area contributed by atoms with Gasteiger partial charge >= 0.3 is 0 Å². The molecule has 1 aromatic rings. The highest BCUT2D eigenvalue weighted by Crippen LogP contribution is 2.18. The number of rotatable bonds is 5. The minimum atomic E-state index is -0.570. The molecule has 0 unspecified atom stereocenters. The first-order valence-corrected chi connectivity index (χ1v) is 7.16. The van der Waals surface area contributed by atoms with Gasteiger partial charge in [0.15, 0.2) is 0 Å². The Bertz CT molecular complexity index is 244. The second-order valence-corrected chi connectivity index (χ2v) is 6.14. The molecule has 0 aliphatic carbocycles. The van der Waals surface area contributed by atoms with Crippen molar-refractivity contribution in [2.75, 3.05) is 0 Å². The van der Waals surface area contributed by atoms with Crippen LogP contribution in [0.1, 0.15) is 32.4 Å². The SMILES string of the molecule is CC[Si](CC)O[C@@H](C)c1ccccc1. The van der Waals surface area contributed by atoms with Gasteiger partial charge in [-0.1, -0.05) is 44.2 Å². The summed E-state index contributed by atoms with van der Waals surface area (Å²) in [5, 5.41) is 0. The smallest absolute Gasteiger partial charge is 0.211 e. The predicted octanol–water partition coefficient (Wildman–Crippen LogP) is 3.80. The quantitative estimate of drug-likeness (QED) is 0.667. The molecule has 0 saturated carbocycles. The van der Waals surface area contributed by atoms with Crippen LogP contribution in [0.2, 0.25) is 12.1 Å². The second kappa shape index (κ2) is 5.99. The molecular formula is C12H19OSi. The third-order valence-electron chi connectivity index (χ3n) is 2.40. The van der Waals surface area contributed by atoms with E-state index in [1.54, 1.807) is 0 Å². The highest BCUT2D eigenvalue weighted by molar-refractivity contribution is 6.51. The van der Waals surface area contributed by atoms with Crippen molar-refractivity contribution in [1.82, 2.24) is 0 Å². The first kappa shape index (κ1) is 11.5. The lowest BCUT2D eigenvalue weighted by atomic mass is 10.1. The van der Waals surface area contributed by atoms with E-state index in [0.717, 1.165) is 0 Å². The minimum Gasteiger partial charge on any atom is -0.410 e. The maximum Gasteiger partial charge on any atom is 0.211 e. The normalized spacial score (nSPS) is 13.1. The van der Waals surface area contributed by atoms with Crippen molar-refractivity contribution < 1.29 is 4.43 Å². The standard InChI is InChI=1S/C12H19OSi/c1-4-14(5-2)13-11(3)12-9-7-6-8-10-12/h6-11H,4-5H2,1-3H3/t11-/m0/s1. The van der Waals surface area contributed by atoms with Crippen molar-refractivity contribution >= 4 is 9.04 Å². The molecule has 0 N–H and O–H groups in total. The summed E-state index contributed by atoms with van der Waals surface area (Å²) in [5.74, 6) is 0. The Balaban J connectivity index is 2.54. The van der Waals surface area contributed by atoms with Gasteiger partial charge < -0.3 is 4.43 Å². The lowest BCUT2D eigenvalue weighted by molar-refractivity contribution is 0.226. The molecule has 0 aliphatic heterocycles. The molecule has 0 fully saturated rings. The van der Waals surface area contributed by atoms with Gasteiger partial charge in [-0.15, -0.1) is 0 Å². The molecule has 1 atom stereocenters. The van der Waals surface area contributed by atoms with Crippen LogP contribution in [-0.4, -0.2) is 9.04 Å². The van der Waals surface area contributed by atoms with Crippen LogP contribution in [0, 0.1) is 0 Å². The van der Waals surface area contributed by atoms with Gasteiger partial charge in [0, 0.05) is 0 Å². The molecule has 0 saturated heterocycles. The van der Waals surface area contributed by atoms with Crippen LogP contribution in [0.3, 0.4) is 0 Å². The van der Waals surface area contributed by atoms with Crippen molar-refractivity contribution in [3.8, 4) is 0 Å². The van der Waals surface area contributed by atoms with E-state index in [9.17, 15) is 0 Å². The fourth-order valence-corrected chi connectivity index (χ4v) is 2.93. The molecule has 1 nitrogen and oxygen atoms in total. The summed E-state index contributed by atoms with van der Waals surface area (Å²) in [6, 6.07) is 12.8. The van der Waals surface area contributed by atoms with Crippen LogP contribution < -0.4 is 0 Å². The average Bonchev–Trinajstić information content (AvgIpc) is 2.26. The molecule has 0 aromatic heterocycles. The first-order valence-electron chi connectivity index (χ1n) is 5.34. The molecule has 1 aromatic carbocycles. The molecule has 0 bridgehead atoms. The van der Waals surface area contributed by atoms with E-state index in [0.29, 0.717) is 0 Å². The lowest BCUT2D eigenvalue weighted by Crippen LogP contribution is -2.17. The predicted molar refractivity (Wildman–Crippen MR) is 62.7 cm³/mol. The molecule has 0 aliphatic rings. The van der Waals surface area contributed by atoms with Crippen LogP contribution in [0.5, 0.6) is 0 Å². The summed E-state index contributed by atoms with van der Waals surface area (Å²) >= 11 is 0. The summed E-state index contributed by atoms with van der Waals surface area (Å²) in [4.78, 5) is 0. The molecule has 1 radical (unpaired) electrons. The van der Waals surface area contributed by atoms with E-state index >= 15 is 0 Å². The van der Waals surface area contributed by atoms with Gasteiger partial charge in [0.05, 0.1) is 6.10 Å². The molecule has 1 rings (SSSR count). The highest BCUT2D eigenvalue weighted by Gasteiger charge is 2.13. The van der Waals surface area contributed by atoms with Gasteiger partial charge in [0.1, 0.15) is 0 Å². The van der Waals surface area contributed by atoms with Crippen LogP contribution in [0.15, 0.2) is 30.3 Å². The van der Waals surface area contributed by atoms with Crippen LogP contribution in [0.4, 0.5) is 0 Å². The zero-order valence-electron chi connectivity index (χ0n) is 9.29. The van der Waals surface area contributed by atoms with Gasteiger partial charge in [-0.3, -0.25) is 0 Å². The largest absolute Gasteiger partial charge is 0.410 e. The summed E-state index contributed by atoms with van der Waals surface area (Å²) in [6.45, 7) is 6.58. The Morgan fingerprint density at radius 3 is 2.21 bits per heavy atom. The number of hydrogen-bond acceptors (Lipinski definition) is 1. The summed E-state index contributed by atoms with van der Waals surface area (Å²) in [6.07, 6.45) is 0.255. The maximum absolute atomic E-state index is 6.04. The Labute approximate surface area is 88.8 Å². The third-order valence-corrected chi connectivity index (χ3v) is 4.67. The van der Waals surface area contributed by atoms with Crippen molar-refractivity contribution in [3.63, 3.8) is 0 Å². The second-order valence-electron chi connectivity index (χ2n) is 3.42. The van der Waals surface area contributed by atoms with Crippen molar-refractivity contribution in [2.24, 2.45) is 0 Å². The zero-order valence-corrected chi connectivity index (χ0v) is 10.3. The number of hydrogen-bond donors (Lipinski definition) is 0. The first-order chi connectivity index (χ1) is 6.77. The average molecular weight is 207 g/mol. The van der Waals surface area contributed by atoms with E-state index in [1.165, 1.54) is 17.7 Å². The molecule has 14 heavy (non-hydrogen) atoms. The topological polar surface area (TPSA) is 9.23 Å². The minimum absolute atomic E-state index is 0.255. The van der Waals surface area contributed by atoms with Crippen molar-refractivity contribution in [1.29, 1.82) is 0 Å². The van der Waals surface area contributed by atoms with Crippen LogP contribution in [0.25, 0.3) is 0 Å². The van der Waals surface area contributed by atoms with Gasteiger partial charge in [-0.25, -0.2) is 0 Å². The van der Waals surface area contributed by atoms with Crippen LogP contribution in [-0.2, 0) is 4.43 Å². The van der Waals surface area contributed by atoms with Gasteiger partial charge in [0.25, 0.3) is 0 Å². The zero-order chi connectivity index (χ0) is 10.4. The van der Waals surface area contributed by atoms with E-state index < -0.39 is 9.04 Å². The van der Waals surface area contributed by atoms with Crippen LogP contribution >= 0.6 is 0 Å². The van der Waals surface area contributed by atoms with E-state index in [1.807, 2.05) is 6.07 Å². The summed E-state index contributed by atoms with van der Waals surface area (Å²) in [5.41, 5.74) is 1.29. The van der Waals surface area contributed by atoms with E-state index in [4.69, 9.17) is 4.43 Å². The Morgan fingerprint density at radius 2 is 1.71 bits per heavy atom. The molecule has 0 spiro atoms. The fraction of sp³-hybridized carbons (Fsp3) is 0.500. The highest BCUT2D eigenvalue weighted by atomic mass is 28.3. The van der Waals surface area contributed by atoms with Gasteiger partial charge in [-0.2, -0.15) is 0 Å². The monoisotopic (exact) mass is 207 g/mol. The third kappa shape index (κ3) is 3.27. The van der Waals surface area contributed by atoms with Gasteiger partial charge in [-0.05, 0) is 24.6 Å². The van der Waals surface area contributed by atoms with E-state index in [-0.39, 0.29) is 6.10 Å². The van der Waals surface area contributed by atoms with Crippen molar-refractivity contribution in [2.45, 2.75) is 39.0 Å². The Kier molecular flexibility index (Phi) is 4.91. The molecule has 0 heterocycles. The lowest BCUT2D eigenvalue weighted by Gasteiger charge is -2.18. The Morgan fingerprint density at radius 1 is 1.14 bits per heavy atom. The molecule has 77 valence electrons. The molecule has 0 amide bonds. The molecule has 2 heteroatoms. The maximum atomic E-state index is 6.04. The molecular weight excluding hydrogens is 188 g/mol. The fourth-order valence-electron chi connectivity index (χ4n) is 1.46. The summed E-state index contributed by atoms with van der Waals surface area (Å²) in [7, 11) is -0.570. The summed E-state index contributed by atoms with van der Waals surface area (Å²) < 4.78 is 6.04. The van der Waals surface area contributed by atoms with E-state index in [2.05, 4.69) is 45.0 Å². The number of benzene rings is 1. The van der Waals surface area contributed by atoms with Crippen molar-refractivity contribution in [3.05, 3.63) is 35.9 Å². The van der Waals surface area contributed by atoms with Gasteiger partial charge in [0.2, 0.25) is 9.04 Å².